The van der Waals surface area contributed by atoms with Crippen LogP contribution in [0.25, 0.3) is 0 Å². The summed E-state index contributed by atoms with van der Waals surface area (Å²) >= 11 is 1.91. The van der Waals surface area contributed by atoms with E-state index in [2.05, 4.69) is 18.8 Å². The van der Waals surface area contributed by atoms with Gasteiger partial charge in [0, 0.05) is 31.1 Å². The number of ether oxygens (including phenoxy) is 1. The Labute approximate surface area is 131 Å². The van der Waals surface area contributed by atoms with Crippen molar-refractivity contribution < 1.29 is 9.53 Å². The maximum atomic E-state index is 12.4. The first-order chi connectivity index (χ1) is 10.2. The number of nitrogens with zero attached hydrogens (tertiary/aromatic N) is 2. The molecule has 0 aliphatic carbocycles. The molecule has 5 heteroatoms. The molecule has 4 nitrogen and oxygen atoms in total. The Bertz CT molecular complexity index is 438. The van der Waals surface area contributed by atoms with Crippen LogP contribution in [0.3, 0.4) is 0 Å². The van der Waals surface area contributed by atoms with E-state index >= 15 is 0 Å². The summed E-state index contributed by atoms with van der Waals surface area (Å²) in [4.78, 5) is 18.6. The van der Waals surface area contributed by atoms with Gasteiger partial charge in [0.05, 0.1) is 5.56 Å². The summed E-state index contributed by atoms with van der Waals surface area (Å²) in [5.41, 5.74) is 0.644. The van der Waals surface area contributed by atoms with Crippen LogP contribution >= 0.6 is 11.8 Å². The van der Waals surface area contributed by atoms with Gasteiger partial charge in [-0.1, -0.05) is 13.8 Å². The van der Waals surface area contributed by atoms with Crippen LogP contribution in [-0.4, -0.2) is 46.5 Å². The monoisotopic (exact) mass is 308 g/mol. The molecule has 1 aromatic rings. The van der Waals surface area contributed by atoms with Gasteiger partial charge < -0.3 is 9.64 Å². The van der Waals surface area contributed by atoms with Crippen LogP contribution in [-0.2, 0) is 0 Å². The molecule has 1 atom stereocenters. The number of carbonyl (C=O) groups excluding carboxylic acids is 1. The van der Waals surface area contributed by atoms with Gasteiger partial charge in [-0.3, -0.25) is 4.79 Å². The van der Waals surface area contributed by atoms with Crippen molar-refractivity contribution >= 4 is 17.7 Å². The largest absolute Gasteiger partial charge is 0.473 e. The van der Waals surface area contributed by atoms with E-state index in [1.165, 1.54) is 0 Å². The molecule has 0 spiro atoms. The Balaban J connectivity index is 1.97. The average Bonchev–Trinajstić information content (AvgIpc) is 3.00. The molecule has 1 aromatic heterocycles. The highest BCUT2D eigenvalue weighted by atomic mass is 32.2. The van der Waals surface area contributed by atoms with Gasteiger partial charge in [-0.2, -0.15) is 11.8 Å². The topological polar surface area (TPSA) is 42.4 Å². The van der Waals surface area contributed by atoms with Crippen LogP contribution in [0.15, 0.2) is 18.3 Å². The molecule has 116 valence electrons. The quantitative estimate of drug-likeness (QED) is 0.775. The van der Waals surface area contributed by atoms with Crippen LogP contribution in [0.1, 0.15) is 43.5 Å². The van der Waals surface area contributed by atoms with Gasteiger partial charge in [0.1, 0.15) is 6.10 Å². The second-order valence-corrected chi connectivity index (χ2v) is 6.43. The van der Waals surface area contributed by atoms with E-state index in [1.54, 1.807) is 6.20 Å². The standard InChI is InChI=1S/C16H24N2O2S/c1-3-8-18(9-4-2)16(19)13-5-6-15(17-11-13)20-14-7-10-21-12-14/h5-6,11,14H,3-4,7-10,12H2,1-2H3. The molecule has 2 heterocycles. The number of carbonyl (C=O) groups is 1. The van der Waals surface area contributed by atoms with Crippen molar-refractivity contribution in [2.75, 3.05) is 24.6 Å². The maximum Gasteiger partial charge on any atom is 0.255 e. The molecule has 0 bridgehead atoms. The third-order valence-electron chi connectivity index (χ3n) is 3.43. The van der Waals surface area contributed by atoms with Gasteiger partial charge in [-0.25, -0.2) is 4.98 Å². The molecular weight excluding hydrogens is 284 g/mol. The van der Waals surface area contributed by atoms with Gasteiger partial charge in [-0.15, -0.1) is 0 Å². The minimum atomic E-state index is 0.0640. The highest BCUT2D eigenvalue weighted by molar-refractivity contribution is 7.99. The molecule has 1 unspecified atom stereocenters. The number of hydrogen-bond donors (Lipinski definition) is 0. The fourth-order valence-corrected chi connectivity index (χ4v) is 3.48. The van der Waals surface area contributed by atoms with Crippen molar-refractivity contribution in [1.82, 2.24) is 9.88 Å². The van der Waals surface area contributed by atoms with Gasteiger partial charge in [0.2, 0.25) is 5.88 Å². The second kappa shape index (κ2) is 8.27. The van der Waals surface area contributed by atoms with E-state index in [0.29, 0.717) is 11.4 Å². The minimum absolute atomic E-state index is 0.0640. The van der Waals surface area contributed by atoms with E-state index in [9.17, 15) is 4.79 Å². The van der Waals surface area contributed by atoms with Gasteiger partial charge in [0.15, 0.2) is 0 Å². The molecule has 0 N–H and O–H groups in total. The van der Waals surface area contributed by atoms with Crippen molar-refractivity contribution in [3.63, 3.8) is 0 Å². The van der Waals surface area contributed by atoms with E-state index in [1.807, 2.05) is 28.8 Å². The predicted molar refractivity (Wildman–Crippen MR) is 87.1 cm³/mol. The first-order valence-electron chi connectivity index (χ1n) is 7.74. The molecule has 21 heavy (non-hydrogen) atoms. The summed E-state index contributed by atoms with van der Waals surface area (Å²) in [6.45, 7) is 5.77. The zero-order chi connectivity index (χ0) is 15.1. The third-order valence-corrected chi connectivity index (χ3v) is 4.56. The molecule has 1 saturated heterocycles. The van der Waals surface area contributed by atoms with Crippen molar-refractivity contribution in [3.8, 4) is 5.88 Å². The molecule has 2 rings (SSSR count). The van der Waals surface area contributed by atoms with Gasteiger partial charge in [0.25, 0.3) is 5.91 Å². The number of pyridine rings is 1. The van der Waals surface area contributed by atoms with Crippen LogP contribution in [0, 0.1) is 0 Å². The molecule has 1 amide bonds. The Kier molecular flexibility index (Phi) is 6.36. The minimum Gasteiger partial charge on any atom is -0.473 e. The molecule has 1 fully saturated rings. The molecule has 0 saturated carbocycles. The number of aromatic nitrogens is 1. The molecule has 0 radical (unpaired) electrons. The summed E-state index contributed by atoms with van der Waals surface area (Å²) in [5, 5.41) is 0. The fourth-order valence-electron chi connectivity index (χ4n) is 2.39. The summed E-state index contributed by atoms with van der Waals surface area (Å²) < 4.78 is 5.81. The van der Waals surface area contributed by atoms with E-state index in [-0.39, 0.29) is 12.0 Å². The first-order valence-corrected chi connectivity index (χ1v) is 8.89. The van der Waals surface area contributed by atoms with Gasteiger partial charge in [-0.05, 0) is 31.1 Å². The number of amides is 1. The Morgan fingerprint density at radius 3 is 2.67 bits per heavy atom. The SMILES string of the molecule is CCCN(CCC)C(=O)c1ccc(OC2CCSC2)nc1. The maximum absolute atomic E-state index is 12.4. The lowest BCUT2D eigenvalue weighted by Gasteiger charge is -2.21. The van der Waals surface area contributed by atoms with Crippen molar-refractivity contribution in [2.45, 2.75) is 39.2 Å². The zero-order valence-corrected chi connectivity index (χ0v) is 13.7. The van der Waals surface area contributed by atoms with Gasteiger partial charge >= 0.3 is 0 Å². The molecular formula is C16H24N2O2S. The summed E-state index contributed by atoms with van der Waals surface area (Å²) in [5.74, 6) is 2.87. The van der Waals surface area contributed by atoms with E-state index < -0.39 is 0 Å². The highest BCUT2D eigenvalue weighted by Crippen LogP contribution is 2.22. The molecule has 0 aromatic carbocycles. The van der Waals surface area contributed by atoms with E-state index in [0.717, 1.165) is 43.9 Å². The van der Waals surface area contributed by atoms with Crippen LogP contribution in [0.2, 0.25) is 0 Å². The van der Waals surface area contributed by atoms with Crippen molar-refractivity contribution in [2.24, 2.45) is 0 Å². The van der Waals surface area contributed by atoms with Crippen molar-refractivity contribution in [1.29, 1.82) is 0 Å². The normalized spacial score (nSPS) is 17.7. The first kappa shape index (κ1) is 16.1. The Morgan fingerprint density at radius 1 is 1.38 bits per heavy atom. The van der Waals surface area contributed by atoms with E-state index in [4.69, 9.17) is 4.74 Å². The zero-order valence-electron chi connectivity index (χ0n) is 12.9. The second-order valence-electron chi connectivity index (χ2n) is 5.28. The highest BCUT2D eigenvalue weighted by Gasteiger charge is 2.18. The summed E-state index contributed by atoms with van der Waals surface area (Å²) in [7, 11) is 0. The van der Waals surface area contributed by atoms with Crippen LogP contribution in [0.5, 0.6) is 5.88 Å². The number of rotatable bonds is 7. The smallest absolute Gasteiger partial charge is 0.255 e. The lowest BCUT2D eigenvalue weighted by molar-refractivity contribution is 0.0755. The van der Waals surface area contributed by atoms with Crippen LogP contribution < -0.4 is 4.74 Å². The van der Waals surface area contributed by atoms with Crippen LogP contribution in [0.4, 0.5) is 0 Å². The summed E-state index contributed by atoms with van der Waals surface area (Å²) in [6.07, 6.45) is 4.92. The number of thioether (sulfide) groups is 1. The van der Waals surface area contributed by atoms with Crippen molar-refractivity contribution in [3.05, 3.63) is 23.9 Å². The molecule has 1 aliphatic rings. The lowest BCUT2D eigenvalue weighted by Crippen LogP contribution is -2.32. The Morgan fingerprint density at radius 2 is 2.14 bits per heavy atom. The third kappa shape index (κ3) is 4.63. The summed E-state index contributed by atoms with van der Waals surface area (Å²) in [6, 6.07) is 3.64. The average molecular weight is 308 g/mol. The predicted octanol–water partition coefficient (Wildman–Crippen LogP) is 3.23. The number of hydrogen-bond acceptors (Lipinski definition) is 4. The lowest BCUT2D eigenvalue weighted by atomic mass is 10.2. The fraction of sp³-hybridized carbons (Fsp3) is 0.625. The molecule has 1 aliphatic heterocycles. The Hall–Kier alpha value is -1.23.